The lowest BCUT2D eigenvalue weighted by Crippen LogP contribution is -2.29. The normalized spacial score (nSPS) is 26.3. The first-order chi connectivity index (χ1) is 10.1. The Morgan fingerprint density at radius 1 is 1.19 bits per heavy atom. The van der Waals surface area contributed by atoms with E-state index < -0.39 is 0 Å². The van der Waals surface area contributed by atoms with Gasteiger partial charge in [0.2, 0.25) is 0 Å². The Morgan fingerprint density at radius 3 is 2.81 bits per heavy atom. The molecule has 0 spiro atoms. The van der Waals surface area contributed by atoms with Crippen molar-refractivity contribution in [3.63, 3.8) is 0 Å². The molecule has 1 aliphatic heterocycles. The second-order valence-corrected chi connectivity index (χ2v) is 7.43. The number of hydrogen-bond acceptors (Lipinski definition) is 3. The minimum Gasteiger partial charge on any atom is -0.506 e. The van der Waals surface area contributed by atoms with E-state index in [0.717, 1.165) is 12.1 Å². The second kappa shape index (κ2) is 4.63. The Balaban J connectivity index is 1.86. The lowest BCUT2D eigenvalue weighted by Gasteiger charge is -2.38. The molecule has 3 heteroatoms. The zero-order valence-corrected chi connectivity index (χ0v) is 13.1. The van der Waals surface area contributed by atoms with Crippen molar-refractivity contribution < 1.29 is 5.11 Å². The Kier molecular flexibility index (Phi) is 2.86. The molecule has 3 atom stereocenters. The van der Waals surface area contributed by atoms with E-state index >= 15 is 0 Å². The van der Waals surface area contributed by atoms with Crippen LogP contribution in [0.25, 0.3) is 0 Å². The monoisotopic (exact) mass is 297 g/mol. The summed E-state index contributed by atoms with van der Waals surface area (Å²) in [6.45, 7) is 4.29. The van der Waals surface area contributed by atoms with Crippen molar-refractivity contribution in [1.29, 1.82) is 0 Å². The van der Waals surface area contributed by atoms with Crippen molar-refractivity contribution in [1.82, 2.24) is 0 Å². The van der Waals surface area contributed by atoms with Gasteiger partial charge in [0.1, 0.15) is 5.75 Å². The second-order valence-electron chi connectivity index (χ2n) is 6.11. The summed E-state index contributed by atoms with van der Waals surface area (Å²) >= 11 is 1.86. The number of phenolic OH excluding ortho intramolecular Hbond substituents is 1. The maximum atomic E-state index is 10.3. The van der Waals surface area contributed by atoms with Crippen molar-refractivity contribution in [2.45, 2.75) is 32.2 Å². The summed E-state index contributed by atoms with van der Waals surface area (Å²) in [5.41, 5.74) is 3.47. The molecule has 0 bridgehead atoms. The summed E-state index contributed by atoms with van der Waals surface area (Å²) < 4.78 is 0. The minimum absolute atomic E-state index is 0.295. The van der Waals surface area contributed by atoms with Gasteiger partial charge < -0.3 is 10.4 Å². The number of aromatic hydroxyl groups is 1. The van der Waals surface area contributed by atoms with Gasteiger partial charge >= 0.3 is 0 Å². The fourth-order valence-electron chi connectivity index (χ4n) is 3.78. The molecule has 3 unspecified atom stereocenters. The van der Waals surface area contributed by atoms with Crippen molar-refractivity contribution >= 4 is 17.0 Å². The number of anilines is 1. The summed E-state index contributed by atoms with van der Waals surface area (Å²) in [6, 6.07) is 8.53. The lowest BCUT2D eigenvalue weighted by molar-refractivity contribution is 0.417. The van der Waals surface area contributed by atoms with Crippen molar-refractivity contribution in [3.05, 3.63) is 57.3 Å². The molecule has 2 nitrogen and oxygen atoms in total. The van der Waals surface area contributed by atoms with Gasteiger partial charge in [-0.15, -0.1) is 11.3 Å². The average Bonchev–Trinajstić information content (AvgIpc) is 3.10. The number of allylic oxidation sites excluding steroid dienone is 2. The van der Waals surface area contributed by atoms with Crippen LogP contribution in [0, 0.1) is 19.8 Å². The Hall–Kier alpha value is -1.74. The number of thiophene rings is 1. The Morgan fingerprint density at radius 2 is 2.05 bits per heavy atom. The smallest absolute Gasteiger partial charge is 0.139 e. The summed E-state index contributed by atoms with van der Waals surface area (Å²) in [5, 5.41) is 13.9. The van der Waals surface area contributed by atoms with Crippen LogP contribution >= 0.6 is 11.3 Å². The molecule has 1 aliphatic carbocycles. The van der Waals surface area contributed by atoms with Gasteiger partial charge in [-0.2, -0.15) is 0 Å². The Labute approximate surface area is 129 Å². The molecular weight excluding hydrogens is 278 g/mol. The molecule has 0 fully saturated rings. The largest absolute Gasteiger partial charge is 0.506 e. The summed E-state index contributed by atoms with van der Waals surface area (Å²) in [6.07, 6.45) is 5.72. The molecule has 0 saturated heterocycles. The van der Waals surface area contributed by atoms with Crippen molar-refractivity contribution in [3.8, 4) is 5.75 Å². The SMILES string of the molecule is Cc1ccc(C2Nc3c(O)ccc(C)c3C3C=CCC32)s1. The molecule has 2 N–H and O–H groups in total. The van der Waals surface area contributed by atoms with Crippen molar-refractivity contribution in [2.24, 2.45) is 5.92 Å². The highest BCUT2D eigenvalue weighted by molar-refractivity contribution is 7.12. The predicted molar refractivity (Wildman–Crippen MR) is 88.3 cm³/mol. The van der Waals surface area contributed by atoms with Crippen LogP contribution in [-0.4, -0.2) is 5.11 Å². The number of benzene rings is 1. The molecule has 0 saturated carbocycles. The molecule has 2 heterocycles. The summed E-state index contributed by atoms with van der Waals surface area (Å²) in [4.78, 5) is 2.71. The quantitative estimate of drug-likeness (QED) is 0.580. The number of rotatable bonds is 1. The van der Waals surface area contributed by atoms with E-state index in [-0.39, 0.29) is 0 Å². The van der Waals surface area contributed by atoms with Crippen LogP contribution in [0.4, 0.5) is 5.69 Å². The number of nitrogens with one attached hydrogen (secondary N) is 1. The van der Waals surface area contributed by atoms with E-state index in [0.29, 0.717) is 23.6 Å². The summed E-state index contributed by atoms with van der Waals surface area (Å²) in [5.74, 6) is 1.34. The van der Waals surface area contributed by atoms with Crippen LogP contribution in [0.3, 0.4) is 0 Å². The maximum absolute atomic E-state index is 10.3. The van der Waals surface area contributed by atoms with Gasteiger partial charge in [-0.3, -0.25) is 0 Å². The van der Waals surface area contributed by atoms with Crippen LogP contribution in [0.1, 0.15) is 39.3 Å². The highest BCUT2D eigenvalue weighted by Gasteiger charge is 2.40. The van der Waals surface area contributed by atoms with E-state index in [9.17, 15) is 5.11 Å². The third-order valence-corrected chi connectivity index (χ3v) is 5.87. The topological polar surface area (TPSA) is 32.3 Å². The minimum atomic E-state index is 0.295. The van der Waals surface area contributed by atoms with Gasteiger partial charge in [-0.05, 0) is 55.5 Å². The van der Waals surface area contributed by atoms with E-state index in [1.165, 1.54) is 20.9 Å². The molecule has 4 rings (SSSR count). The molecule has 1 aromatic heterocycles. The van der Waals surface area contributed by atoms with Gasteiger partial charge in [-0.25, -0.2) is 0 Å². The van der Waals surface area contributed by atoms with Gasteiger partial charge in [-0.1, -0.05) is 18.2 Å². The van der Waals surface area contributed by atoms with Crippen LogP contribution in [0.15, 0.2) is 36.4 Å². The molecule has 0 amide bonds. The van der Waals surface area contributed by atoms with Crippen LogP contribution in [0.5, 0.6) is 5.75 Å². The first-order valence-corrected chi connectivity index (χ1v) is 8.29. The Bertz CT molecular complexity index is 731. The van der Waals surface area contributed by atoms with Gasteiger partial charge in [0, 0.05) is 15.7 Å². The fraction of sp³-hybridized carbons (Fsp3) is 0.333. The molecule has 0 radical (unpaired) electrons. The standard InChI is InChI=1S/C18H19NOS/c1-10-6-8-14(20)18-16(10)12-4-3-5-13(12)17(19-18)15-9-7-11(2)21-15/h3-4,6-9,12-13,17,19-20H,5H2,1-2H3. The molecular formula is C18H19NOS. The van der Waals surface area contributed by atoms with E-state index in [1.54, 1.807) is 6.07 Å². The molecule has 2 aliphatic rings. The molecule has 1 aromatic carbocycles. The summed E-state index contributed by atoms with van der Waals surface area (Å²) in [7, 11) is 0. The van der Waals surface area contributed by atoms with Crippen LogP contribution in [0.2, 0.25) is 0 Å². The molecule has 108 valence electrons. The first-order valence-electron chi connectivity index (χ1n) is 7.47. The number of fused-ring (bicyclic) bond motifs is 3. The maximum Gasteiger partial charge on any atom is 0.139 e. The average molecular weight is 297 g/mol. The first kappa shape index (κ1) is 13.0. The zero-order chi connectivity index (χ0) is 14.6. The van der Waals surface area contributed by atoms with Crippen LogP contribution in [-0.2, 0) is 0 Å². The van der Waals surface area contributed by atoms with Gasteiger partial charge in [0.05, 0.1) is 11.7 Å². The zero-order valence-electron chi connectivity index (χ0n) is 12.3. The number of phenols is 1. The lowest BCUT2D eigenvalue weighted by atomic mass is 9.77. The predicted octanol–water partition coefficient (Wildman–Crippen LogP) is 4.90. The van der Waals surface area contributed by atoms with E-state index in [1.807, 2.05) is 17.4 Å². The van der Waals surface area contributed by atoms with Gasteiger partial charge in [0.25, 0.3) is 0 Å². The third-order valence-electron chi connectivity index (χ3n) is 4.78. The number of aryl methyl sites for hydroxylation is 2. The highest BCUT2D eigenvalue weighted by Crippen LogP contribution is 2.53. The van der Waals surface area contributed by atoms with E-state index in [4.69, 9.17) is 0 Å². The molecule has 21 heavy (non-hydrogen) atoms. The van der Waals surface area contributed by atoms with E-state index in [2.05, 4.69) is 43.4 Å². The van der Waals surface area contributed by atoms with Gasteiger partial charge in [0.15, 0.2) is 0 Å². The van der Waals surface area contributed by atoms with Crippen LogP contribution < -0.4 is 5.32 Å². The third kappa shape index (κ3) is 1.91. The fourth-order valence-corrected chi connectivity index (χ4v) is 4.79. The molecule has 2 aromatic rings. The highest BCUT2D eigenvalue weighted by atomic mass is 32.1. The van der Waals surface area contributed by atoms with Crippen molar-refractivity contribution in [2.75, 3.05) is 5.32 Å². The number of hydrogen-bond donors (Lipinski definition) is 2.